The van der Waals surface area contributed by atoms with E-state index >= 15 is 0 Å². The van der Waals surface area contributed by atoms with E-state index in [1.807, 2.05) is 4.57 Å². The summed E-state index contributed by atoms with van der Waals surface area (Å²) in [5.74, 6) is 0.522. The molecule has 1 fully saturated rings. The number of nitrogens with two attached hydrogens (primary N) is 1. The van der Waals surface area contributed by atoms with Gasteiger partial charge in [0.15, 0.2) is 5.16 Å². The van der Waals surface area contributed by atoms with E-state index in [2.05, 4.69) is 24.0 Å². The number of hydrogen-bond donors (Lipinski definition) is 1. The van der Waals surface area contributed by atoms with Crippen molar-refractivity contribution in [1.82, 2.24) is 19.7 Å². The molecule has 9 heteroatoms. The van der Waals surface area contributed by atoms with Crippen molar-refractivity contribution in [1.29, 1.82) is 0 Å². The monoisotopic (exact) mass is 353 g/mol. The van der Waals surface area contributed by atoms with Crippen molar-refractivity contribution < 1.29 is 14.4 Å². The number of carbonyl (C=O) groups is 3. The minimum atomic E-state index is -0.383. The molecule has 1 aromatic rings. The maximum absolute atomic E-state index is 12.2. The van der Waals surface area contributed by atoms with E-state index in [9.17, 15) is 14.4 Å². The highest BCUT2D eigenvalue weighted by atomic mass is 32.2. The number of thioether (sulfide) groups is 1. The number of imide groups is 1. The van der Waals surface area contributed by atoms with Gasteiger partial charge in [0.05, 0.1) is 5.75 Å². The molecule has 1 aliphatic heterocycles. The molecular weight excluding hydrogens is 330 g/mol. The third-order valence-corrected chi connectivity index (χ3v) is 4.59. The van der Waals surface area contributed by atoms with Crippen LogP contribution in [0.5, 0.6) is 0 Å². The highest BCUT2D eigenvalue weighted by molar-refractivity contribution is 7.99. The van der Waals surface area contributed by atoms with E-state index in [1.165, 1.54) is 16.7 Å². The molecule has 0 spiro atoms. The molecule has 2 N–H and O–H groups in total. The molecular formula is C15H23N5O3S. The van der Waals surface area contributed by atoms with Gasteiger partial charge in [-0.15, -0.1) is 10.2 Å². The van der Waals surface area contributed by atoms with Gasteiger partial charge in [-0.1, -0.05) is 25.6 Å². The number of amides is 3. The van der Waals surface area contributed by atoms with Crippen molar-refractivity contribution >= 4 is 29.5 Å². The van der Waals surface area contributed by atoms with Gasteiger partial charge in [0, 0.05) is 32.4 Å². The van der Waals surface area contributed by atoms with Crippen LogP contribution in [0.15, 0.2) is 5.16 Å². The van der Waals surface area contributed by atoms with Gasteiger partial charge in [-0.05, 0) is 12.3 Å². The van der Waals surface area contributed by atoms with Crippen LogP contribution in [0.2, 0.25) is 0 Å². The molecule has 0 atom stereocenters. The summed E-state index contributed by atoms with van der Waals surface area (Å²) in [6, 6.07) is 0. The van der Waals surface area contributed by atoms with Crippen LogP contribution in [0.1, 0.15) is 38.9 Å². The van der Waals surface area contributed by atoms with Crippen LogP contribution in [0.25, 0.3) is 0 Å². The predicted octanol–water partition coefficient (Wildman–Crippen LogP) is 0.593. The summed E-state index contributed by atoms with van der Waals surface area (Å²) in [5, 5.41) is 8.88. The van der Waals surface area contributed by atoms with Crippen molar-refractivity contribution in [3.05, 3.63) is 5.82 Å². The predicted molar refractivity (Wildman–Crippen MR) is 89.1 cm³/mol. The Balaban J connectivity index is 2.04. The molecule has 2 rings (SSSR count). The zero-order chi connectivity index (χ0) is 17.7. The average molecular weight is 353 g/mol. The highest BCUT2D eigenvalue weighted by Gasteiger charge is 2.26. The smallest absolute Gasteiger partial charge is 0.239 e. The number of aryl methyl sites for hydroxylation is 1. The Bertz CT molecular complexity index is 629. The fourth-order valence-corrected chi connectivity index (χ4v) is 3.35. The van der Waals surface area contributed by atoms with E-state index < -0.39 is 0 Å². The van der Waals surface area contributed by atoms with Crippen molar-refractivity contribution in [3.63, 3.8) is 0 Å². The van der Waals surface area contributed by atoms with Crippen LogP contribution in [-0.2, 0) is 27.3 Å². The van der Waals surface area contributed by atoms with Gasteiger partial charge < -0.3 is 10.3 Å². The molecule has 2 heterocycles. The molecule has 0 aromatic carbocycles. The summed E-state index contributed by atoms with van der Waals surface area (Å²) < 4.78 is 1.93. The van der Waals surface area contributed by atoms with Gasteiger partial charge in [-0.3, -0.25) is 19.3 Å². The molecule has 132 valence electrons. The Morgan fingerprint density at radius 3 is 2.67 bits per heavy atom. The number of rotatable bonds is 8. The molecule has 3 amide bonds. The second-order valence-electron chi connectivity index (χ2n) is 6.20. The minimum absolute atomic E-state index is 0.105. The number of likely N-dealkylation sites (tertiary alicyclic amines) is 1. The second kappa shape index (κ2) is 8.27. The van der Waals surface area contributed by atoms with Crippen molar-refractivity contribution in [2.45, 2.75) is 51.2 Å². The number of carbonyl (C=O) groups excluding carboxylic acids is 3. The molecule has 8 nitrogen and oxygen atoms in total. The van der Waals surface area contributed by atoms with Crippen LogP contribution < -0.4 is 5.73 Å². The summed E-state index contributed by atoms with van der Waals surface area (Å²) in [5.41, 5.74) is 5.20. The molecule has 0 aliphatic carbocycles. The normalized spacial score (nSPS) is 14.6. The molecule has 0 radical (unpaired) electrons. The van der Waals surface area contributed by atoms with E-state index in [0.29, 0.717) is 42.8 Å². The van der Waals surface area contributed by atoms with E-state index in [1.54, 1.807) is 0 Å². The standard InChI is InChI=1S/C15H23N5O3S/c1-10(2)8-20-12(6-5-11(16)21)17-18-15(20)24-9-14(23)19-7-3-4-13(19)22/h10H,3-9H2,1-2H3,(H2,16,21). The summed E-state index contributed by atoms with van der Waals surface area (Å²) in [7, 11) is 0. The SMILES string of the molecule is CC(C)Cn1c(CCC(N)=O)nnc1SCC(=O)N1CCCC1=O. The van der Waals surface area contributed by atoms with Gasteiger partial charge in [-0.25, -0.2) is 0 Å². The highest BCUT2D eigenvalue weighted by Crippen LogP contribution is 2.21. The van der Waals surface area contributed by atoms with Gasteiger partial charge in [0.1, 0.15) is 5.82 Å². The third-order valence-electron chi connectivity index (χ3n) is 3.64. The Morgan fingerprint density at radius 1 is 1.33 bits per heavy atom. The Hall–Kier alpha value is -1.90. The number of nitrogens with zero attached hydrogens (tertiary/aromatic N) is 4. The number of hydrogen-bond acceptors (Lipinski definition) is 6. The zero-order valence-electron chi connectivity index (χ0n) is 14.0. The van der Waals surface area contributed by atoms with Gasteiger partial charge in [0.2, 0.25) is 17.7 Å². The van der Waals surface area contributed by atoms with E-state index in [4.69, 9.17) is 5.73 Å². The molecule has 0 unspecified atom stereocenters. The summed E-state index contributed by atoms with van der Waals surface area (Å²) >= 11 is 1.27. The quantitative estimate of drug-likeness (QED) is 0.685. The second-order valence-corrected chi connectivity index (χ2v) is 7.14. The molecule has 0 bridgehead atoms. The van der Waals surface area contributed by atoms with Crippen LogP contribution in [0, 0.1) is 5.92 Å². The molecule has 24 heavy (non-hydrogen) atoms. The van der Waals surface area contributed by atoms with Crippen LogP contribution in [-0.4, -0.2) is 49.7 Å². The molecule has 0 saturated carbocycles. The first-order valence-electron chi connectivity index (χ1n) is 8.05. The maximum Gasteiger partial charge on any atom is 0.239 e. The fraction of sp³-hybridized carbons (Fsp3) is 0.667. The van der Waals surface area contributed by atoms with Crippen molar-refractivity contribution in [3.8, 4) is 0 Å². The number of primary amides is 1. The van der Waals surface area contributed by atoms with E-state index in [-0.39, 0.29) is 29.9 Å². The minimum Gasteiger partial charge on any atom is -0.370 e. The third kappa shape index (κ3) is 4.80. The summed E-state index contributed by atoms with van der Waals surface area (Å²) in [6.07, 6.45) is 1.81. The Kier molecular flexibility index (Phi) is 6.36. The number of aromatic nitrogens is 3. The lowest BCUT2D eigenvalue weighted by Gasteiger charge is -2.14. The van der Waals surface area contributed by atoms with Crippen molar-refractivity contribution in [2.24, 2.45) is 11.7 Å². The average Bonchev–Trinajstić information content (AvgIpc) is 3.09. The first-order valence-corrected chi connectivity index (χ1v) is 9.03. The fourth-order valence-electron chi connectivity index (χ4n) is 2.51. The largest absolute Gasteiger partial charge is 0.370 e. The maximum atomic E-state index is 12.2. The summed E-state index contributed by atoms with van der Waals surface area (Å²) in [6.45, 7) is 5.34. The lowest BCUT2D eigenvalue weighted by molar-refractivity contribution is -0.140. The first-order chi connectivity index (χ1) is 11.4. The zero-order valence-corrected chi connectivity index (χ0v) is 14.8. The first kappa shape index (κ1) is 18.4. The lowest BCUT2D eigenvalue weighted by atomic mass is 10.2. The van der Waals surface area contributed by atoms with Gasteiger partial charge in [0.25, 0.3) is 0 Å². The van der Waals surface area contributed by atoms with Crippen LogP contribution >= 0.6 is 11.8 Å². The van der Waals surface area contributed by atoms with Crippen molar-refractivity contribution in [2.75, 3.05) is 12.3 Å². The Labute approximate surface area is 145 Å². The molecule has 1 aliphatic rings. The van der Waals surface area contributed by atoms with Crippen LogP contribution in [0.3, 0.4) is 0 Å². The van der Waals surface area contributed by atoms with Crippen LogP contribution in [0.4, 0.5) is 0 Å². The molecule has 1 aromatic heterocycles. The van der Waals surface area contributed by atoms with E-state index in [0.717, 1.165) is 6.42 Å². The topological polar surface area (TPSA) is 111 Å². The van der Waals surface area contributed by atoms with Gasteiger partial charge in [-0.2, -0.15) is 0 Å². The van der Waals surface area contributed by atoms with Gasteiger partial charge >= 0.3 is 0 Å². The lowest BCUT2D eigenvalue weighted by Crippen LogP contribution is -2.33. The summed E-state index contributed by atoms with van der Waals surface area (Å²) in [4.78, 5) is 36.1. The molecule has 1 saturated heterocycles. The Morgan fingerprint density at radius 2 is 2.08 bits per heavy atom.